The van der Waals surface area contributed by atoms with E-state index in [-0.39, 0.29) is 60.3 Å². The summed E-state index contributed by atoms with van der Waals surface area (Å²) in [6.45, 7) is 1.27. The third-order valence-corrected chi connectivity index (χ3v) is 11.0. The number of nitrogens with two attached hydrogens (primary N) is 1. The van der Waals surface area contributed by atoms with Crippen LogP contribution in [0, 0.1) is 5.82 Å². The minimum atomic E-state index is -3.43. The molecule has 2 amide bonds. The van der Waals surface area contributed by atoms with Crippen molar-refractivity contribution in [2.75, 3.05) is 45.2 Å². The minimum Gasteiger partial charge on any atom is -0.366 e. The first-order chi connectivity index (χ1) is 21.2. The van der Waals surface area contributed by atoms with E-state index in [1.54, 1.807) is 47.4 Å². The summed E-state index contributed by atoms with van der Waals surface area (Å²) in [7, 11) is -6.82. The van der Waals surface area contributed by atoms with Gasteiger partial charge in [-0.05, 0) is 78.0 Å². The molecule has 10 nitrogen and oxygen atoms in total. The van der Waals surface area contributed by atoms with Crippen molar-refractivity contribution in [2.45, 2.75) is 35.6 Å². The van der Waals surface area contributed by atoms with Gasteiger partial charge in [-0.1, -0.05) is 30.3 Å². The number of amides is 2. The Morgan fingerprint density at radius 2 is 1.58 bits per heavy atom. The lowest BCUT2D eigenvalue weighted by molar-refractivity contribution is -0.134. The molecular formula is C32H37FN4O6S2. The summed E-state index contributed by atoms with van der Waals surface area (Å²) >= 11 is 0. The molecule has 3 aromatic carbocycles. The van der Waals surface area contributed by atoms with E-state index in [0.29, 0.717) is 29.7 Å². The molecule has 0 unspecified atom stereocenters. The van der Waals surface area contributed by atoms with E-state index in [2.05, 4.69) is 5.32 Å². The molecule has 1 saturated heterocycles. The highest BCUT2D eigenvalue weighted by Gasteiger charge is 2.38. The largest absolute Gasteiger partial charge is 0.366 e. The molecule has 3 aromatic rings. The normalized spacial score (nSPS) is 19.7. The Labute approximate surface area is 263 Å². The van der Waals surface area contributed by atoms with Crippen LogP contribution in [-0.4, -0.2) is 89.1 Å². The molecule has 45 heavy (non-hydrogen) atoms. The van der Waals surface area contributed by atoms with Crippen molar-refractivity contribution in [3.63, 3.8) is 0 Å². The minimum absolute atomic E-state index is 0.155. The number of hydrogen-bond donors (Lipinski definition) is 2. The van der Waals surface area contributed by atoms with E-state index in [0.717, 1.165) is 24.5 Å². The lowest BCUT2D eigenvalue weighted by Gasteiger charge is -2.36. The lowest BCUT2D eigenvalue weighted by atomic mass is 9.86. The number of primary amides is 1. The van der Waals surface area contributed by atoms with Crippen LogP contribution in [-0.2, 0) is 24.7 Å². The third kappa shape index (κ3) is 7.78. The summed E-state index contributed by atoms with van der Waals surface area (Å²) in [4.78, 5) is 28.3. The molecule has 1 aliphatic carbocycles. The molecule has 0 spiro atoms. The van der Waals surface area contributed by atoms with Gasteiger partial charge in [-0.25, -0.2) is 21.2 Å². The molecule has 3 atom stereocenters. The van der Waals surface area contributed by atoms with E-state index < -0.39 is 31.7 Å². The Morgan fingerprint density at radius 3 is 2.16 bits per heavy atom. The van der Waals surface area contributed by atoms with Gasteiger partial charge in [-0.2, -0.15) is 4.31 Å². The van der Waals surface area contributed by atoms with Crippen molar-refractivity contribution in [1.82, 2.24) is 14.5 Å². The zero-order valence-electron chi connectivity index (χ0n) is 25.1. The Kier molecular flexibility index (Phi) is 9.45. The molecule has 3 N–H and O–H groups in total. The highest BCUT2D eigenvalue weighted by molar-refractivity contribution is 7.90. The second-order valence-corrected chi connectivity index (χ2v) is 15.7. The van der Waals surface area contributed by atoms with Gasteiger partial charge in [0.2, 0.25) is 21.8 Å². The molecule has 2 aliphatic rings. The maximum absolute atomic E-state index is 14.2. The van der Waals surface area contributed by atoms with Gasteiger partial charge in [-0.15, -0.1) is 0 Å². The van der Waals surface area contributed by atoms with Crippen LogP contribution in [0.25, 0.3) is 11.1 Å². The zero-order valence-corrected chi connectivity index (χ0v) is 26.8. The van der Waals surface area contributed by atoms with Gasteiger partial charge in [0.25, 0.3) is 0 Å². The van der Waals surface area contributed by atoms with Gasteiger partial charge >= 0.3 is 0 Å². The molecule has 1 heterocycles. The maximum Gasteiger partial charge on any atom is 0.248 e. The van der Waals surface area contributed by atoms with Gasteiger partial charge in [0.1, 0.15) is 5.82 Å². The van der Waals surface area contributed by atoms with Crippen molar-refractivity contribution in [1.29, 1.82) is 0 Å². The van der Waals surface area contributed by atoms with Crippen LogP contribution in [0.15, 0.2) is 71.6 Å². The summed E-state index contributed by atoms with van der Waals surface area (Å²) < 4.78 is 63.0. The first-order valence-electron chi connectivity index (χ1n) is 14.7. The van der Waals surface area contributed by atoms with Gasteiger partial charge in [0, 0.05) is 50.0 Å². The number of sulfone groups is 1. The Balaban J connectivity index is 1.44. The smallest absolute Gasteiger partial charge is 0.248 e. The van der Waals surface area contributed by atoms with Crippen LogP contribution in [0.2, 0.25) is 0 Å². The summed E-state index contributed by atoms with van der Waals surface area (Å²) in [5.41, 5.74) is 8.81. The molecule has 0 radical (unpaired) electrons. The molecule has 13 heteroatoms. The van der Waals surface area contributed by atoms with Crippen molar-refractivity contribution < 1.29 is 30.8 Å². The number of piperazine rings is 1. The average molecular weight is 657 g/mol. The number of hydrogen-bond acceptors (Lipinski definition) is 7. The standard InChI is InChI=1S/C32H37FN4O6S2/c1-44(40,41)25-10-5-21(6-11-25)26-12-7-23(31(34)38)19-29(26)27(32(39)36-15-17-37(18-16-36)45(2,42)43)13-14-35-30-20-28(30)22-3-8-24(33)9-4-22/h3-12,19,27-28,30,35H,13-18,20H2,1-2H3,(H2,34,38)/t27-,28-,30+/m0/s1. The first kappa shape index (κ1) is 32.7. The van der Waals surface area contributed by atoms with Gasteiger partial charge in [0.15, 0.2) is 9.84 Å². The second kappa shape index (κ2) is 13.0. The monoisotopic (exact) mass is 656 g/mol. The summed E-state index contributed by atoms with van der Waals surface area (Å²) in [5.74, 6) is -1.62. The number of nitrogens with one attached hydrogen (secondary N) is 1. The van der Waals surface area contributed by atoms with Crippen molar-refractivity contribution in [3.8, 4) is 11.1 Å². The fraction of sp³-hybridized carbons (Fsp3) is 0.375. The van der Waals surface area contributed by atoms with Crippen LogP contribution in [0.4, 0.5) is 4.39 Å². The van der Waals surface area contributed by atoms with Gasteiger partial charge < -0.3 is 16.0 Å². The maximum atomic E-state index is 14.2. The van der Waals surface area contributed by atoms with Crippen molar-refractivity contribution in [2.24, 2.45) is 5.73 Å². The van der Waals surface area contributed by atoms with E-state index in [1.807, 2.05) is 0 Å². The number of carbonyl (C=O) groups is 2. The van der Waals surface area contributed by atoms with Crippen molar-refractivity contribution >= 4 is 31.7 Å². The molecule has 240 valence electrons. The number of nitrogens with zero attached hydrogens (tertiary/aromatic N) is 2. The Hall–Kier alpha value is -3.65. The SMILES string of the molecule is CS(=O)(=O)c1ccc(-c2ccc(C(N)=O)cc2[C@H](CCN[C@@H]2C[C@H]2c2ccc(F)cc2)C(=O)N2CCN(S(C)(=O)=O)CC2)cc1. The highest BCUT2D eigenvalue weighted by Crippen LogP contribution is 2.41. The molecule has 1 aliphatic heterocycles. The quantitative estimate of drug-likeness (QED) is 0.323. The number of rotatable bonds is 11. The number of sulfonamides is 1. The molecule has 0 bridgehead atoms. The second-order valence-electron chi connectivity index (χ2n) is 11.7. The highest BCUT2D eigenvalue weighted by atomic mass is 32.2. The van der Waals surface area contributed by atoms with Crippen LogP contribution in [0.1, 0.15) is 46.2 Å². The van der Waals surface area contributed by atoms with E-state index in [9.17, 15) is 30.8 Å². The average Bonchev–Trinajstić information content (AvgIpc) is 3.78. The summed E-state index contributed by atoms with van der Waals surface area (Å²) in [6, 6.07) is 17.9. The predicted molar refractivity (Wildman–Crippen MR) is 169 cm³/mol. The number of benzene rings is 3. The number of carbonyl (C=O) groups excluding carboxylic acids is 2. The zero-order chi connectivity index (χ0) is 32.5. The van der Waals surface area contributed by atoms with Gasteiger partial charge in [-0.3, -0.25) is 9.59 Å². The van der Waals surface area contributed by atoms with Crippen molar-refractivity contribution in [3.05, 3.63) is 89.2 Å². The van der Waals surface area contributed by atoms with E-state index in [1.165, 1.54) is 28.6 Å². The Bertz CT molecular complexity index is 1790. The van der Waals surface area contributed by atoms with Crippen LogP contribution in [0.3, 0.4) is 0 Å². The topological polar surface area (TPSA) is 147 Å². The predicted octanol–water partition coefficient (Wildman–Crippen LogP) is 2.72. The molecule has 1 saturated carbocycles. The third-order valence-electron chi connectivity index (χ3n) is 8.55. The molecular weight excluding hydrogens is 620 g/mol. The molecule has 2 fully saturated rings. The van der Waals surface area contributed by atoms with Crippen LogP contribution >= 0.6 is 0 Å². The molecule has 5 rings (SSSR count). The van der Waals surface area contributed by atoms with Gasteiger partial charge in [0.05, 0.1) is 17.1 Å². The Morgan fingerprint density at radius 1 is 0.933 bits per heavy atom. The van der Waals surface area contributed by atoms with E-state index in [4.69, 9.17) is 5.73 Å². The fourth-order valence-electron chi connectivity index (χ4n) is 5.93. The summed E-state index contributed by atoms with van der Waals surface area (Å²) in [5, 5.41) is 3.52. The lowest BCUT2D eigenvalue weighted by Crippen LogP contribution is -2.51. The van der Waals surface area contributed by atoms with E-state index >= 15 is 0 Å². The summed E-state index contributed by atoms with van der Waals surface area (Å²) in [6.07, 6.45) is 3.52. The van der Waals surface area contributed by atoms with Crippen LogP contribution in [0.5, 0.6) is 0 Å². The molecule has 0 aromatic heterocycles. The van der Waals surface area contributed by atoms with Crippen LogP contribution < -0.4 is 11.1 Å². The fourth-order valence-corrected chi connectivity index (χ4v) is 7.39. The first-order valence-corrected chi connectivity index (χ1v) is 18.4. The number of halogens is 1.